The first kappa shape index (κ1) is 18.6. The predicted molar refractivity (Wildman–Crippen MR) is 90.2 cm³/mol. The van der Waals surface area contributed by atoms with Crippen molar-refractivity contribution >= 4 is 12.1 Å². The Balaban J connectivity index is 2.68. The van der Waals surface area contributed by atoms with Gasteiger partial charge in [-0.05, 0) is 53.9 Å². The molecule has 22 heavy (non-hydrogen) atoms. The minimum atomic E-state index is -0.457. The molecule has 1 amide bonds. The van der Waals surface area contributed by atoms with Crippen molar-refractivity contribution in [2.45, 2.75) is 65.5 Å². The molecule has 1 aliphatic heterocycles. The van der Waals surface area contributed by atoms with Crippen LogP contribution in [0.15, 0.2) is 4.99 Å². The molecule has 6 heteroatoms. The third-order valence-corrected chi connectivity index (χ3v) is 3.40. The number of nitrogens with zero attached hydrogens (tertiary/aromatic N) is 2. The zero-order valence-electron chi connectivity index (χ0n) is 14.7. The summed E-state index contributed by atoms with van der Waals surface area (Å²) in [6.45, 7) is 12.8. The number of aliphatic imine (C=N–C) groups is 1. The smallest absolute Gasteiger partial charge is 0.410 e. The van der Waals surface area contributed by atoms with Crippen molar-refractivity contribution < 1.29 is 9.53 Å². The fraction of sp³-hybridized carbons (Fsp3) is 0.875. The number of piperidine rings is 1. The standard InChI is InChI=1S/C16H32N4O2/c1-6-17-14(18-7-2)19-12-13-10-8-9-11-20(13)15(21)22-16(3,4)5/h13H,6-12H2,1-5H3,(H2,17,18,19). The number of ether oxygens (including phenoxy) is 1. The first-order chi connectivity index (χ1) is 10.4. The fourth-order valence-corrected chi connectivity index (χ4v) is 2.46. The number of likely N-dealkylation sites (tertiary alicyclic amines) is 1. The lowest BCUT2D eigenvalue weighted by Crippen LogP contribution is -2.48. The Labute approximate surface area is 134 Å². The van der Waals surface area contributed by atoms with Crippen LogP contribution >= 0.6 is 0 Å². The molecule has 1 fully saturated rings. The third-order valence-electron chi connectivity index (χ3n) is 3.40. The highest BCUT2D eigenvalue weighted by Gasteiger charge is 2.30. The second-order valence-corrected chi connectivity index (χ2v) is 6.57. The molecule has 0 aliphatic carbocycles. The van der Waals surface area contributed by atoms with Crippen LogP contribution in [0.1, 0.15) is 53.9 Å². The Kier molecular flexibility index (Phi) is 7.48. The van der Waals surface area contributed by atoms with Crippen molar-refractivity contribution in [1.82, 2.24) is 15.5 Å². The van der Waals surface area contributed by atoms with E-state index in [4.69, 9.17) is 4.74 Å². The molecule has 1 rings (SSSR count). The van der Waals surface area contributed by atoms with E-state index in [0.717, 1.165) is 44.9 Å². The van der Waals surface area contributed by atoms with E-state index in [-0.39, 0.29) is 12.1 Å². The molecule has 0 aromatic rings. The van der Waals surface area contributed by atoms with Crippen LogP contribution in [0.2, 0.25) is 0 Å². The topological polar surface area (TPSA) is 66.0 Å². The minimum absolute atomic E-state index is 0.121. The first-order valence-electron chi connectivity index (χ1n) is 8.39. The molecule has 0 aromatic carbocycles. The van der Waals surface area contributed by atoms with E-state index in [1.54, 1.807) is 0 Å². The molecule has 0 bridgehead atoms. The summed E-state index contributed by atoms with van der Waals surface area (Å²) in [4.78, 5) is 18.8. The maximum Gasteiger partial charge on any atom is 0.410 e. The second kappa shape index (κ2) is 8.86. The number of hydrogen-bond donors (Lipinski definition) is 2. The van der Waals surface area contributed by atoms with Gasteiger partial charge in [0.25, 0.3) is 0 Å². The quantitative estimate of drug-likeness (QED) is 0.618. The Bertz CT molecular complexity index is 369. The summed E-state index contributed by atoms with van der Waals surface area (Å²) in [5.74, 6) is 0.805. The molecule has 1 heterocycles. The van der Waals surface area contributed by atoms with E-state index in [2.05, 4.69) is 15.6 Å². The molecule has 1 saturated heterocycles. The van der Waals surface area contributed by atoms with Gasteiger partial charge in [-0.2, -0.15) is 0 Å². The van der Waals surface area contributed by atoms with E-state index in [0.29, 0.717) is 6.54 Å². The summed E-state index contributed by atoms with van der Waals surface area (Å²) in [5, 5.41) is 6.42. The lowest BCUT2D eigenvalue weighted by Gasteiger charge is -2.36. The van der Waals surface area contributed by atoms with Gasteiger partial charge in [0.2, 0.25) is 0 Å². The largest absolute Gasteiger partial charge is 0.444 e. The number of hydrogen-bond acceptors (Lipinski definition) is 3. The van der Waals surface area contributed by atoms with Gasteiger partial charge in [0, 0.05) is 19.6 Å². The lowest BCUT2D eigenvalue weighted by atomic mass is 10.0. The molecule has 2 N–H and O–H groups in total. The number of amides is 1. The van der Waals surface area contributed by atoms with E-state index >= 15 is 0 Å². The molecule has 0 aromatic heterocycles. The third kappa shape index (κ3) is 6.54. The number of guanidine groups is 1. The summed E-state index contributed by atoms with van der Waals surface area (Å²) in [6.07, 6.45) is 2.93. The van der Waals surface area contributed by atoms with Crippen molar-refractivity contribution in [3.63, 3.8) is 0 Å². The highest BCUT2D eigenvalue weighted by atomic mass is 16.6. The molecule has 1 unspecified atom stereocenters. The van der Waals surface area contributed by atoms with Crippen molar-refractivity contribution in [1.29, 1.82) is 0 Å². The molecular formula is C16H32N4O2. The maximum atomic E-state index is 12.3. The van der Waals surface area contributed by atoms with Crippen LogP contribution in [-0.2, 0) is 4.74 Å². The summed E-state index contributed by atoms with van der Waals surface area (Å²) >= 11 is 0. The first-order valence-corrected chi connectivity index (χ1v) is 8.39. The van der Waals surface area contributed by atoms with Crippen molar-refractivity contribution in [3.05, 3.63) is 0 Å². The van der Waals surface area contributed by atoms with Crippen LogP contribution in [0.4, 0.5) is 4.79 Å². The maximum absolute atomic E-state index is 12.3. The zero-order valence-corrected chi connectivity index (χ0v) is 14.7. The van der Waals surface area contributed by atoms with Crippen molar-refractivity contribution in [2.24, 2.45) is 4.99 Å². The predicted octanol–water partition coefficient (Wildman–Crippen LogP) is 2.35. The molecular weight excluding hydrogens is 280 g/mol. The van der Waals surface area contributed by atoms with Crippen LogP contribution in [-0.4, -0.2) is 54.8 Å². The number of carbonyl (C=O) groups is 1. The molecule has 1 aliphatic rings. The highest BCUT2D eigenvalue weighted by Crippen LogP contribution is 2.20. The summed E-state index contributed by atoms with van der Waals surface area (Å²) in [6, 6.07) is 0.121. The van der Waals surface area contributed by atoms with Gasteiger partial charge < -0.3 is 20.3 Å². The Morgan fingerprint density at radius 1 is 1.23 bits per heavy atom. The van der Waals surface area contributed by atoms with Gasteiger partial charge in [-0.3, -0.25) is 4.99 Å². The summed E-state index contributed by atoms with van der Waals surface area (Å²) < 4.78 is 5.52. The molecule has 0 saturated carbocycles. The van der Waals surface area contributed by atoms with Gasteiger partial charge in [-0.1, -0.05) is 0 Å². The normalized spacial score (nSPS) is 18.6. The average Bonchev–Trinajstić information content (AvgIpc) is 2.44. The number of rotatable bonds is 4. The Morgan fingerprint density at radius 2 is 1.86 bits per heavy atom. The Morgan fingerprint density at radius 3 is 2.41 bits per heavy atom. The highest BCUT2D eigenvalue weighted by molar-refractivity contribution is 5.79. The van der Waals surface area contributed by atoms with Crippen LogP contribution < -0.4 is 10.6 Å². The molecule has 0 spiro atoms. The van der Waals surface area contributed by atoms with Crippen LogP contribution in [0.25, 0.3) is 0 Å². The SMILES string of the molecule is CCNC(=NCC1CCCCN1C(=O)OC(C)(C)C)NCC. The molecule has 1 atom stereocenters. The van der Waals surface area contributed by atoms with E-state index in [1.165, 1.54) is 0 Å². The number of carbonyl (C=O) groups excluding carboxylic acids is 1. The lowest BCUT2D eigenvalue weighted by molar-refractivity contribution is 0.0110. The van der Waals surface area contributed by atoms with Crippen LogP contribution in [0.3, 0.4) is 0 Å². The monoisotopic (exact) mass is 312 g/mol. The number of nitrogens with one attached hydrogen (secondary N) is 2. The van der Waals surface area contributed by atoms with Crippen molar-refractivity contribution in [3.8, 4) is 0 Å². The van der Waals surface area contributed by atoms with Crippen LogP contribution in [0, 0.1) is 0 Å². The molecule has 6 nitrogen and oxygen atoms in total. The Hall–Kier alpha value is -1.46. The summed E-state index contributed by atoms with van der Waals surface area (Å²) in [5.41, 5.74) is -0.457. The van der Waals surface area contributed by atoms with Gasteiger partial charge in [0.1, 0.15) is 5.60 Å². The van der Waals surface area contributed by atoms with Gasteiger partial charge in [-0.15, -0.1) is 0 Å². The van der Waals surface area contributed by atoms with Crippen molar-refractivity contribution in [2.75, 3.05) is 26.2 Å². The van der Waals surface area contributed by atoms with Gasteiger partial charge in [-0.25, -0.2) is 4.79 Å². The minimum Gasteiger partial charge on any atom is -0.444 e. The van der Waals surface area contributed by atoms with Gasteiger partial charge in [0.05, 0.1) is 12.6 Å². The van der Waals surface area contributed by atoms with Crippen LogP contribution in [0.5, 0.6) is 0 Å². The second-order valence-electron chi connectivity index (χ2n) is 6.57. The van der Waals surface area contributed by atoms with E-state index < -0.39 is 5.60 Å². The van der Waals surface area contributed by atoms with Gasteiger partial charge >= 0.3 is 6.09 Å². The molecule has 128 valence electrons. The average molecular weight is 312 g/mol. The fourth-order valence-electron chi connectivity index (χ4n) is 2.46. The van der Waals surface area contributed by atoms with Gasteiger partial charge in [0.15, 0.2) is 5.96 Å². The summed E-state index contributed by atoms with van der Waals surface area (Å²) in [7, 11) is 0. The van der Waals surface area contributed by atoms with E-state index in [1.807, 2.05) is 39.5 Å². The molecule has 0 radical (unpaired) electrons. The zero-order chi connectivity index (χ0) is 16.6. The van der Waals surface area contributed by atoms with E-state index in [9.17, 15) is 4.79 Å².